The molecule has 1 aromatic heterocycles. The quantitative estimate of drug-likeness (QED) is 0.859. The molecule has 1 N–H and O–H groups in total. The standard InChI is InChI=1S/C15H15NO3S/c17-20(18,19)12-10-15-14(7-4-11-16-15)9-8-13-5-2-1-3-6-13/h1-9,11H,10,12H2,(H,17,18,19). The maximum absolute atomic E-state index is 10.8. The minimum absolute atomic E-state index is 0.189. The van der Waals surface area contributed by atoms with E-state index in [4.69, 9.17) is 4.55 Å². The van der Waals surface area contributed by atoms with Crippen molar-refractivity contribution in [3.8, 4) is 0 Å². The SMILES string of the molecule is O=S(=O)(O)CCc1ncccc1C=Cc1ccccc1. The molecular formula is C15H15NO3S. The van der Waals surface area contributed by atoms with Crippen LogP contribution in [0.15, 0.2) is 48.7 Å². The smallest absolute Gasteiger partial charge is 0.265 e. The Morgan fingerprint density at radius 3 is 2.50 bits per heavy atom. The van der Waals surface area contributed by atoms with Gasteiger partial charge in [0.2, 0.25) is 0 Å². The molecule has 104 valence electrons. The van der Waals surface area contributed by atoms with E-state index in [1.165, 1.54) is 0 Å². The van der Waals surface area contributed by atoms with Crippen molar-refractivity contribution in [1.29, 1.82) is 0 Å². The first kappa shape index (κ1) is 14.4. The molecule has 1 aromatic carbocycles. The first-order chi connectivity index (χ1) is 9.54. The fourth-order valence-corrected chi connectivity index (χ4v) is 2.24. The first-order valence-electron chi connectivity index (χ1n) is 6.17. The summed E-state index contributed by atoms with van der Waals surface area (Å²) in [5.74, 6) is -0.323. The van der Waals surface area contributed by atoms with Gasteiger partial charge in [-0.25, -0.2) is 0 Å². The Morgan fingerprint density at radius 1 is 1.05 bits per heavy atom. The maximum atomic E-state index is 10.8. The van der Waals surface area contributed by atoms with Gasteiger partial charge in [-0.3, -0.25) is 9.54 Å². The molecule has 0 spiro atoms. The van der Waals surface area contributed by atoms with Crippen molar-refractivity contribution in [2.24, 2.45) is 0 Å². The van der Waals surface area contributed by atoms with Gasteiger partial charge in [-0.05, 0) is 17.2 Å². The van der Waals surface area contributed by atoms with Crippen LogP contribution in [0.25, 0.3) is 12.2 Å². The molecule has 0 radical (unpaired) electrons. The van der Waals surface area contributed by atoms with Crippen LogP contribution < -0.4 is 0 Å². The van der Waals surface area contributed by atoms with E-state index >= 15 is 0 Å². The second-order valence-corrected chi connectivity index (χ2v) is 5.89. The van der Waals surface area contributed by atoms with Crippen molar-refractivity contribution in [1.82, 2.24) is 4.98 Å². The second-order valence-electron chi connectivity index (χ2n) is 4.32. The Balaban J connectivity index is 2.18. The number of aryl methyl sites for hydroxylation is 1. The summed E-state index contributed by atoms with van der Waals surface area (Å²) in [6.45, 7) is 0. The van der Waals surface area contributed by atoms with E-state index in [1.807, 2.05) is 48.6 Å². The number of hydrogen-bond donors (Lipinski definition) is 1. The molecule has 0 unspecified atom stereocenters. The molecule has 0 atom stereocenters. The number of hydrogen-bond acceptors (Lipinski definition) is 3. The topological polar surface area (TPSA) is 67.3 Å². The fraction of sp³-hybridized carbons (Fsp3) is 0.133. The van der Waals surface area contributed by atoms with Gasteiger partial charge in [0.05, 0.1) is 5.75 Å². The molecule has 1 heterocycles. The van der Waals surface area contributed by atoms with Crippen LogP contribution in [-0.2, 0) is 16.5 Å². The Hall–Kier alpha value is -1.98. The van der Waals surface area contributed by atoms with Crippen LogP contribution in [0.4, 0.5) is 0 Å². The monoisotopic (exact) mass is 289 g/mol. The third kappa shape index (κ3) is 4.60. The molecule has 2 rings (SSSR count). The summed E-state index contributed by atoms with van der Waals surface area (Å²) >= 11 is 0. The summed E-state index contributed by atoms with van der Waals surface area (Å²) in [7, 11) is -3.97. The van der Waals surface area contributed by atoms with Gasteiger partial charge in [0, 0.05) is 18.3 Å². The molecule has 0 fully saturated rings. The molecule has 0 aliphatic rings. The Morgan fingerprint density at radius 2 is 1.80 bits per heavy atom. The van der Waals surface area contributed by atoms with E-state index < -0.39 is 10.1 Å². The molecular weight excluding hydrogens is 274 g/mol. The van der Waals surface area contributed by atoms with Crippen LogP contribution in [-0.4, -0.2) is 23.7 Å². The molecule has 0 saturated heterocycles. The molecule has 4 nitrogen and oxygen atoms in total. The van der Waals surface area contributed by atoms with Crippen LogP contribution in [0.1, 0.15) is 16.8 Å². The maximum Gasteiger partial charge on any atom is 0.265 e. The Kier molecular flexibility index (Phi) is 4.65. The number of pyridine rings is 1. The normalized spacial score (nSPS) is 11.8. The fourth-order valence-electron chi connectivity index (χ4n) is 1.79. The Labute approximate surface area is 118 Å². The lowest BCUT2D eigenvalue weighted by Crippen LogP contribution is -2.08. The number of aromatic nitrogens is 1. The van der Waals surface area contributed by atoms with Crippen LogP contribution in [0, 0.1) is 0 Å². The van der Waals surface area contributed by atoms with Gasteiger partial charge >= 0.3 is 0 Å². The van der Waals surface area contributed by atoms with Gasteiger partial charge in [-0.2, -0.15) is 8.42 Å². The van der Waals surface area contributed by atoms with Gasteiger partial charge in [-0.15, -0.1) is 0 Å². The van der Waals surface area contributed by atoms with Crippen molar-refractivity contribution in [2.75, 3.05) is 5.75 Å². The molecule has 0 saturated carbocycles. The molecule has 0 aliphatic carbocycles. The highest BCUT2D eigenvalue weighted by Gasteiger charge is 2.08. The molecule has 0 amide bonds. The van der Waals surface area contributed by atoms with E-state index in [-0.39, 0.29) is 12.2 Å². The average molecular weight is 289 g/mol. The Bertz CT molecular complexity index is 694. The molecule has 0 aliphatic heterocycles. The molecule has 20 heavy (non-hydrogen) atoms. The molecule has 0 bridgehead atoms. The van der Waals surface area contributed by atoms with Gasteiger partial charge in [0.15, 0.2) is 0 Å². The third-order valence-electron chi connectivity index (χ3n) is 2.78. The van der Waals surface area contributed by atoms with Crippen LogP contribution in [0.5, 0.6) is 0 Å². The number of benzene rings is 1. The van der Waals surface area contributed by atoms with Crippen molar-refractivity contribution < 1.29 is 13.0 Å². The largest absolute Gasteiger partial charge is 0.286 e. The summed E-state index contributed by atoms with van der Waals surface area (Å²) in [6.07, 6.45) is 5.63. The zero-order valence-electron chi connectivity index (χ0n) is 10.8. The van der Waals surface area contributed by atoms with E-state index in [2.05, 4.69) is 4.98 Å². The lowest BCUT2D eigenvalue weighted by molar-refractivity contribution is 0.482. The first-order valence-corrected chi connectivity index (χ1v) is 7.78. The minimum atomic E-state index is -3.97. The minimum Gasteiger partial charge on any atom is -0.286 e. The van der Waals surface area contributed by atoms with Crippen LogP contribution in [0.3, 0.4) is 0 Å². The zero-order chi connectivity index (χ0) is 14.4. The van der Waals surface area contributed by atoms with Gasteiger partial charge in [-0.1, -0.05) is 48.6 Å². The van der Waals surface area contributed by atoms with Gasteiger partial charge in [0.1, 0.15) is 0 Å². The highest BCUT2D eigenvalue weighted by molar-refractivity contribution is 7.85. The predicted molar refractivity (Wildman–Crippen MR) is 79.7 cm³/mol. The molecule has 2 aromatic rings. The van der Waals surface area contributed by atoms with Crippen molar-refractivity contribution >= 4 is 22.3 Å². The van der Waals surface area contributed by atoms with E-state index in [1.54, 1.807) is 12.3 Å². The second kappa shape index (κ2) is 6.45. The lowest BCUT2D eigenvalue weighted by Gasteiger charge is -2.03. The van der Waals surface area contributed by atoms with E-state index in [0.717, 1.165) is 11.1 Å². The number of rotatable bonds is 5. The summed E-state index contributed by atoms with van der Waals surface area (Å²) in [4.78, 5) is 4.17. The van der Waals surface area contributed by atoms with Crippen molar-refractivity contribution in [3.63, 3.8) is 0 Å². The van der Waals surface area contributed by atoms with Gasteiger partial charge in [0.25, 0.3) is 10.1 Å². The third-order valence-corrected chi connectivity index (χ3v) is 3.50. The summed E-state index contributed by atoms with van der Waals surface area (Å²) < 4.78 is 30.4. The lowest BCUT2D eigenvalue weighted by atomic mass is 10.1. The highest BCUT2D eigenvalue weighted by atomic mass is 32.2. The van der Waals surface area contributed by atoms with Crippen molar-refractivity contribution in [2.45, 2.75) is 6.42 Å². The van der Waals surface area contributed by atoms with E-state index in [9.17, 15) is 8.42 Å². The van der Waals surface area contributed by atoms with Crippen LogP contribution in [0.2, 0.25) is 0 Å². The highest BCUT2D eigenvalue weighted by Crippen LogP contribution is 2.12. The van der Waals surface area contributed by atoms with Crippen molar-refractivity contribution in [3.05, 3.63) is 65.5 Å². The van der Waals surface area contributed by atoms with Gasteiger partial charge < -0.3 is 0 Å². The summed E-state index contributed by atoms with van der Waals surface area (Å²) in [6, 6.07) is 13.5. The molecule has 5 heteroatoms. The predicted octanol–water partition coefficient (Wildman–Crippen LogP) is 2.68. The average Bonchev–Trinajstić information content (AvgIpc) is 2.44. The summed E-state index contributed by atoms with van der Waals surface area (Å²) in [5.41, 5.74) is 2.55. The summed E-state index contributed by atoms with van der Waals surface area (Å²) in [5, 5.41) is 0. The van der Waals surface area contributed by atoms with E-state index in [0.29, 0.717) is 5.69 Å². The zero-order valence-corrected chi connectivity index (χ0v) is 11.6. The number of nitrogens with zero attached hydrogens (tertiary/aromatic N) is 1. The van der Waals surface area contributed by atoms with Crippen LogP contribution >= 0.6 is 0 Å².